The van der Waals surface area contributed by atoms with Crippen LogP contribution in [-0.4, -0.2) is 49.2 Å². The van der Waals surface area contributed by atoms with Gasteiger partial charge in [0.1, 0.15) is 5.82 Å². The van der Waals surface area contributed by atoms with Crippen molar-refractivity contribution in [3.8, 4) is 0 Å². The van der Waals surface area contributed by atoms with Crippen molar-refractivity contribution >= 4 is 21.7 Å². The second kappa shape index (κ2) is 8.71. The number of anilines is 1. The summed E-state index contributed by atoms with van der Waals surface area (Å²) >= 11 is 3.65. The van der Waals surface area contributed by atoms with Crippen LogP contribution in [0.5, 0.6) is 0 Å². The topological polar surface area (TPSA) is 45.4 Å². The zero-order valence-corrected chi connectivity index (χ0v) is 14.6. The Kier molecular flexibility index (Phi) is 6.93. The fourth-order valence-electron chi connectivity index (χ4n) is 2.82. The highest BCUT2D eigenvalue weighted by Gasteiger charge is 2.17. The van der Waals surface area contributed by atoms with Crippen LogP contribution < -0.4 is 10.6 Å². The lowest BCUT2D eigenvalue weighted by molar-refractivity contribution is 0.286. The zero-order chi connectivity index (χ0) is 15.1. The molecule has 1 aliphatic heterocycles. The van der Waals surface area contributed by atoms with Crippen LogP contribution in [0.3, 0.4) is 0 Å². The van der Waals surface area contributed by atoms with E-state index < -0.39 is 0 Å². The standard InChI is InChI=1S/C16H27BrN4/c1-14-12-15(17)16(19-13-14)21-9-5-8-20(10-11-21)7-4-2-3-6-18/h12-13H,2-11,18H2,1H3. The molecule has 2 heterocycles. The monoisotopic (exact) mass is 354 g/mol. The molecular weight excluding hydrogens is 328 g/mol. The molecule has 0 saturated carbocycles. The Morgan fingerprint density at radius 3 is 2.81 bits per heavy atom. The van der Waals surface area contributed by atoms with E-state index in [-0.39, 0.29) is 0 Å². The summed E-state index contributed by atoms with van der Waals surface area (Å²) in [4.78, 5) is 9.59. The first kappa shape index (κ1) is 16.7. The van der Waals surface area contributed by atoms with Gasteiger partial charge in [0, 0.05) is 25.8 Å². The average Bonchev–Trinajstić information content (AvgIpc) is 2.69. The average molecular weight is 355 g/mol. The molecule has 5 heteroatoms. The van der Waals surface area contributed by atoms with Gasteiger partial charge in [-0.1, -0.05) is 6.42 Å². The maximum atomic E-state index is 5.55. The Balaban J connectivity index is 1.85. The SMILES string of the molecule is Cc1cnc(N2CCCN(CCCCCN)CC2)c(Br)c1. The van der Waals surface area contributed by atoms with Gasteiger partial charge >= 0.3 is 0 Å². The third-order valence-electron chi connectivity index (χ3n) is 4.02. The van der Waals surface area contributed by atoms with Crippen molar-refractivity contribution in [1.29, 1.82) is 0 Å². The predicted octanol–water partition coefficient (Wildman–Crippen LogP) is 2.79. The molecule has 1 aromatic heterocycles. The molecule has 1 aliphatic rings. The minimum atomic E-state index is 0.820. The van der Waals surface area contributed by atoms with Crippen LogP contribution in [0.25, 0.3) is 0 Å². The zero-order valence-electron chi connectivity index (χ0n) is 13.0. The number of rotatable bonds is 6. The van der Waals surface area contributed by atoms with E-state index in [1.165, 1.54) is 37.9 Å². The number of halogens is 1. The van der Waals surface area contributed by atoms with Crippen molar-refractivity contribution in [2.24, 2.45) is 5.73 Å². The van der Waals surface area contributed by atoms with Crippen LogP contribution >= 0.6 is 15.9 Å². The first-order chi connectivity index (χ1) is 10.2. The molecule has 4 nitrogen and oxygen atoms in total. The van der Waals surface area contributed by atoms with Crippen molar-refractivity contribution in [3.63, 3.8) is 0 Å². The third kappa shape index (κ3) is 5.24. The van der Waals surface area contributed by atoms with Gasteiger partial charge in [-0.3, -0.25) is 0 Å². The van der Waals surface area contributed by atoms with Crippen LogP contribution in [0, 0.1) is 6.92 Å². The van der Waals surface area contributed by atoms with Crippen LogP contribution in [0.4, 0.5) is 5.82 Å². The van der Waals surface area contributed by atoms with E-state index in [2.05, 4.69) is 43.7 Å². The highest BCUT2D eigenvalue weighted by atomic mass is 79.9. The van der Waals surface area contributed by atoms with Gasteiger partial charge in [0.15, 0.2) is 0 Å². The first-order valence-corrected chi connectivity index (χ1v) is 8.79. The summed E-state index contributed by atoms with van der Waals surface area (Å²) < 4.78 is 1.11. The Hall–Kier alpha value is -0.650. The molecule has 21 heavy (non-hydrogen) atoms. The number of hydrogen-bond donors (Lipinski definition) is 1. The summed E-state index contributed by atoms with van der Waals surface area (Å²) in [5.74, 6) is 1.09. The molecule has 118 valence electrons. The minimum absolute atomic E-state index is 0.820. The summed E-state index contributed by atoms with van der Waals surface area (Å²) in [6, 6.07) is 2.15. The highest BCUT2D eigenvalue weighted by molar-refractivity contribution is 9.10. The van der Waals surface area contributed by atoms with Crippen molar-refractivity contribution in [2.75, 3.05) is 44.2 Å². The Morgan fingerprint density at radius 2 is 2.05 bits per heavy atom. The lowest BCUT2D eigenvalue weighted by Crippen LogP contribution is -2.32. The van der Waals surface area contributed by atoms with Crippen LogP contribution in [0.15, 0.2) is 16.7 Å². The maximum Gasteiger partial charge on any atom is 0.142 e. The van der Waals surface area contributed by atoms with Crippen LogP contribution in [-0.2, 0) is 0 Å². The lowest BCUT2D eigenvalue weighted by Gasteiger charge is -2.23. The van der Waals surface area contributed by atoms with E-state index >= 15 is 0 Å². The molecule has 0 bridgehead atoms. The molecule has 0 unspecified atom stereocenters. The number of aromatic nitrogens is 1. The van der Waals surface area contributed by atoms with Gasteiger partial charge in [0.2, 0.25) is 0 Å². The molecule has 2 N–H and O–H groups in total. The lowest BCUT2D eigenvalue weighted by atomic mass is 10.2. The quantitative estimate of drug-likeness (QED) is 0.797. The van der Waals surface area contributed by atoms with Gasteiger partial charge in [-0.25, -0.2) is 4.98 Å². The van der Waals surface area contributed by atoms with Crippen molar-refractivity contribution < 1.29 is 0 Å². The van der Waals surface area contributed by atoms with Gasteiger partial charge in [-0.05, 0) is 73.4 Å². The molecule has 0 spiro atoms. The summed E-state index contributed by atoms with van der Waals surface area (Å²) in [5, 5.41) is 0. The number of aryl methyl sites for hydroxylation is 1. The summed E-state index contributed by atoms with van der Waals surface area (Å²) in [6.45, 7) is 8.58. The van der Waals surface area contributed by atoms with Crippen molar-refractivity contribution in [2.45, 2.75) is 32.6 Å². The fourth-order valence-corrected chi connectivity index (χ4v) is 3.54. The van der Waals surface area contributed by atoms with Gasteiger partial charge < -0.3 is 15.5 Å². The normalized spacial score (nSPS) is 17.0. The number of pyridine rings is 1. The summed E-state index contributed by atoms with van der Waals surface area (Å²) in [7, 11) is 0. The number of unbranched alkanes of at least 4 members (excludes halogenated alkanes) is 2. The van der Waals surface area contributed by atoms with Gasteiger partial charge in [0.05, 0.1) is 4.47 Å². The Labute approximate surface area is 136 Å². The molecule has 2 rings (SSSR count). The van der Waals surface area contributed by atoms with E-state index in [4.69, 9.17) is 5.73 Å². The van der Waals surface area contributed by atoms with Gasteiger partial charge in [-0.2, -0.15) is 0 Å². The minimum Gasteiger partial charge on any atom is -0.354 e. The summed E-state index contributed by atoms with van der Waals surface area (Å²) in [5.41, 5.74) is 6.74. The van der Waals surface area contributed by atoms with Crippen LogP contribution in [0.1, 0.15) is 31.2 Å². The Bertz CT molecular complexity index is 438. The molecular formula is C16H27BrN4. The van der Waals surface area contributed by atoms with Gasteiger partial charge in [0.25, 0.3) is 0 Å². The fraction of sp³-hybridized carbons (Fsp3) is 0.688. The summed E-state index contributed by atoms with van der Waals surface area (Å²) in [6.07, 6.45) is 6.83. The van der Waals surface area contributed by atoms with Crippen LogP contribution in [0.2, 0.25) is 0 Å². The van der Waals surface area contributed by atoms with Crippen molar-refractivity contribution in [3.05, 3.63) is 22.3 Å². The predicted molar refractivity (Wildman–Crippen MR) is 92.8 cm³/mol. The highest BCUT2D eigenvalue weighted by Crippen LogP contribution is 2.25. The number of nitrogens with two attached hydrogens (primary N) is 1. The largest absolute Gasteiger partial charge is 0.354 e. The van der Waals surface area contributed by atoms with E-state index in [0.29, 0.717) is 0 Å². The molecule has 1 aromatic rings. The van der Waals surface area contributed by atoms with E-state index in [0.717, 1.165) is 42.9 Å². The molecule has 0 amide bonds. The second-order valence-corrected chi connectivity index (χ2v) is 6.70. The molecule has 0 aromatic carbocycles. The number of hydrogen-bond acceptors (Lipinski definition) is 4. The molecule has 1 fully saturated rings. The molecule has 0 aliphatic carbocycles. The molecule has 1 saturated heterocycles. The molecule has 0 atom stereocenters. The third-order valence-corrected chi connectivity index (χ3v) is 4.61. The first-order valence-electron chi connectivity index (χ1n) is 8.00. The Morgan fingerprint density at radius 1 is 1.19 bits per heavy atom. The van der Waals surface area contributed by atoms with E-state index in [9.17, 15) is 0 Å². The van der Waals surface area contributed by atoms with E-state index in [1.54, 1.807) is 0 Å². The van der Waals surface area contributed by atoms with Crippen molar-refractivity contribution in [1.82, 2.24) is 9.88 Å². The van der Waals surface area contributed by atoms with Gasteiger partial charge in [-0.15, -0.1) is 0 Å². The smallest absolute Gasteiger partial charge is 0.142 e. The maximum absolute atomic E-state index is 5.55. The van der Waals surface area contributed by atoms with E-state index in [1.807, 2.05) is 6.20 Å². The number of nitrogens with zero attached hydrogens (tertiary/aromatic N) is 3. The molecule has 0 radical (unpaired) electrons. The second-order valence-electron chi connectivity index (χ2n) is 5.85.